The molecule has 0 aliphatic heterocycles. The molecule has 0 saturated heterocycles. The first kappa shape index (κ1) is 18.1. The van der Waals surface area contributed by atoms with Crippen LogP contribution in [-0.4, -0.2) is 12.5 Å². The number of carbonyl (C=O) groups is 1. The highest BCUT2D eigenvalue weighted by molar-refractivity contribution is 6.04. The van der Waals surface area contributed by atoms with Crippen molar-refractivity contribution >= 4 is 11.6 Å². The Morgan fingerprint density at radius 3 is 2.33 bits per heavy atom. The maximum absolute atomic E-state index is 12.4. The zero-order chi connectivity index (χ0) is 17.7. The molecule has 0 radical (unpaired) electrons. The highest BCUT2D eigenvalue weighted by Gasteiger charge is 2.13. The molecule has 0 bridgehead atoms. The van der Waals surface area contributed by atoms with E-state index in [1.54, 1.807) is 12.1 Å². The van der Waals surface area contributed by atoms with E-state index in [1.807, 2.05) is 24.3 Å². The predicted molar refractivity (Wildman–Crippen MR) is 99.9 cm³/mol. The Morgan fingerprint density at radius 2 is 1.75 bits per heavy atom. The second kappa shape index (κ2) is 7.52. The van der Waals surface area contributed by atoms with E-state index < -0.39 is 0 Å². The SMILES string of the molecule is CC(C)COc1cccc(C(=O)Nc2ccc(C(C)(C)C)cc2)c1. The molecule has 128 valence electrons. The summed E-state index contributed by atoms with van der Waals surface area (Å²) in [5.41, 5.74) is 2.73. The van der Waals surface area contributed by atoms with Crippen LogP contribution in [0.4, 0.5) is 5.69 Å². The number of ether oxygens (including phenoxy) is 1. The average molecular weight is 325 g/mol. The molecule has 0 aliphatic rings. The van der Waals surface area contributed by atoms with Gasteiger partial charge in [0, 0.05) is 11.3 Å². The van der Waals surface area contributed by atoms with Crippen molar-refractivity contribution in [3.8, 4) is 5.75 Å². The van der Waals surface area contributed by atoms with E-state index in [9.17, 15) is 4.79 Å². The summed E-state index contributed by atoms with van der Waals surface area (Å²) >= 11 is 0. The van der Waals surface area contributed by atoms with E-state index in [2.05, 4.69) is 52.1 Å². The van der Waals surface area contributed by atoms with Crippen molar-refractivity contribution < 1.29 is 9.53 Å². The third-order valence-corrected chi connectivity index (χ3v) is 3.69. The van der Waals surface area contributed by atoms with Gasteiger partial charge in [-0.25, -0.2) is 0 Å². The summed E-state index contributed by atoms with van der Waals surface area (Å²) in [5.74, 6) is 1.04. The maximum atomic E-state index is 12.4. The van der Waals surface area contributed by atoms with Crippen molar-refractivity contribution in [1.82, 2.24) is 0 Å². The standard InChI is InChI=1S/C21H27NO2/c1-15(2)14-24-19-8-6-7-16(13-19)20(23)22-18-11-9-17(10-12-18)21(3,4)5/h6-13,15H,14H2,1-5H3,(H,22,23). The second-order valence-corrected chi connectivity index (χ2v) is 7.51. The molecule has 1 N–H and O–H groups in total. The Kier molecular flexibility index (Phi) is 5.66. The van der Waals surface area contributed by atoms with Crippen LogP contribution in [0.15, 0.2) is 48.5 Å². The fourth-order valence-corrected chi connectivity index (χ4v) is 2.25. The lowest BCUT2D eigenvalue weighted by molar-refractivity contribution is 0.102. The van der Waals surface area contributed by atoms with E-state index in [1.165, 1.54) is 5.56 Å². The summed E-state index contributed by atoms with van der Waals surface area (Å²) < 4.78 is 5.68. The molecule has 1 amide bonds. The van der Waals surface area contributed by atoms with Gasteiger partial charge >= 0.3 is 0 Å². The van der Waals surface area contributed by atoms with E-state index in [4.69, 9.17) is 4.74 Å². The average Bonchev–Trinajstić information content (AvgIpc) is 2.53. The fourth-order valence-electron chi connectivity index (χ4n) is 2.25. The molecule has 3 heteroatoms. The van der Waals surface area contributed by atoms with E-state index in [0.717, 1.165) is 11.4 Å². The van der Waals surface area contributed by atoms with Crippen LogP contribution in [0.25, 0.3) is 0 Å². The molecule has 0 unspecified atom stereocenters. The Labute approximate surface area is 145 Å². The highest BCUT2D eigenvalue weighted by atomic mass is 16.5. The van der Waals surface area contributed by atoms with Gasteiger partial charge in [-0.2, -0.15) is 0 Å². The van der Waals surface area contributed by atoms with E-state index in [-0.39, 0.29) is 11.3 Å². The first-order valence-electron chi connectivity index (χ1n) is 8.40. The lowest BCUT2D eigenvalue weighted by Gasteiger charge is -2.19. The first-order valence-corrected chi connectivity index (χ1v) is 8.40. The Balaban J connectivity index is 2.05. The van der Waals surface area contributed by atoms with Gasteiger partial charge in [-0.1, -0.05) is 52.8 Å². The number of anilines is 1. The van der Waals surface area contributed by atoms with Crippen LogP contribution in [0.1, 0.15) is 50.5 Å². The highest BCUT2D eigenvalue weighted by Crippen LogP contribution is 2.24. The molecule has 24 heavy (non-hydrogen) atoms. The molecule has 0 aromatic heterocycles. The smallest absolute Gasteiger partial charge is 0.255 e. The van der Waals surface area contributed by atoms with Gasteiger partial charge in [-0.15, -0.1) is 0 Å². The summed E-state index contributed by atoms with van der Waals surface area (Å²) in [5, 5.41) is 2.93. The van der Waals surface area contributed by atoms with Crippen LogP contribution in [0.5, 0.6) is 5.75 Å². The van der Waals surface area contributed by atoms with Crippen molar-refractivity contribution in [3.05, 3.63) is 59.7 Å². The minimum atomic E-state index is -0.131. The van der Waals surface area contributed by atoms with Crippen LogP contribution in [0.3, 0.4) is 0 Å². The molecule has 0 fully saturated rings. The van der Waals surface area contributed by atoms with Crippen LogP contribution in [-0.2, 0) is 5.41 Å². The lowest BCUT2D eigenvalue weighted by Crippen LogP contribution is -2.14. The predicted octanol–water partition coefficient (Wildman–Crippen LogP) is 5.27. The summed E-state index contributed by atoms with van der Waals surface area (Å²) in [6, 6.07) is 15.3. The van der Waals surface area contributed by atoms with E-state index >= 15 is 0 Å². The van der Waals surface area contributed by atoms with Gasteiger partial charge in [0.2, 0.25) is 0 Å². The van der Waals surface area contributed by atoms with Crippen LogP contribution in [0.2, 0.25) is 0 Å². The summed E-state index contributed by atoms with van der Waals surface area (Å²) in [6.07, 6.45) is 0. The largest absolute Gasteiger partial charge is 0.493 e. The summed E-state index contributed by atoms with van der Waals surface area (Å²) in [7, 11) is 0. The summed E-state index contributed by atoms with van der Waals surface area (Å²) in [4.78, 5) is 12.4. The zero-order valence-corrected chi connectivity index (χ0v) is 15.2. The second-order valence-electron chi connectivity index (χ2n) is 7.51. The van der Waals surface area contributed by atoms with Gasteiger partial charge in [-0.3, -0.25) is 4.79 Å². The molecular weight excluding hydrogens is 298 g/mol. The van der Waals surface area contributed by atoms with Gasteiger partial charge in [0.1, 0.15) is 5.75 Å². The normalized spacial score (nSPS) is 11.4. The molecule has 0 saturated carbocycles. The fraction of sp³-hybridized carbons (Fsp3) is 0.381. The molecule has 2 aromatic rings. The molecule has 0 atom stereocenters. The van der Waals surface area contributed by atoms with Crippen molar-refractivity contribution in [2.45, 2.75) is 40.0 Å². The van der Waals surface area contributed by atoms with Crippen molar-refractivity contribution in [2.24, 2.45) is 5.92 Å². The number of carbonyl (C=O) groups excluding carboxylic acids is 1. The van der Waals surface area contributed by atoms with Crippen LogP contribution < -0.4 is 10.1 Å². The third-order valence-electron chi connectivity index (χ3n) is 3.69. The topological polar surface area (TPSA) is 38.3 Å². The first-order chi connectivity index (χ1) is 11.3. The Bertz CT molecular complexity index is 682. The molecule has 2 rings (SSSR count). The monoisotopic (exact) mass is 325 g/mol. The molecule has 0 heterocycles. The Morgan fingerprint density at radius 1 is 1.08 bits per heavy atom. The molecule has 0 aliphatic carbocycles. The summed E-state index contributed by atoms with van der Waals surface area (Å²) in [6.45, 7) is 11.3. The zero-order valence-electron chi connectivity index (χ0n) is 15.2. The number of hydrogen-bond donors (Lipinski definition) is 1. The number of amides is 1. The van der Waals surface area contributed by atoms with Crippen molar-refractivity contribution in [2.75, 3.05) is 11.9 Å². The minimum absolute atomic E-state index is 0.102. The van der Waals surface area contributed by atoms with Gasteiger partial charge in [-0.05, 0) is 47.2 Å². The van der Waals surface area contributed by atoms with Crippen molar-refractivity contribution in [3.63, 3.8) is 0 Å². The molecule has 2 aromatic carbocycles. The van der Waals surface area contributed by atoms with Crippen molar-refractivity contribution in [1.29, 1.82) is 0 Å². The maximum Gasteiger partial charge on any atom is 0.255 e. The Hall–Kier alpha value is -2.29. The van der Waals surface area contributed by atoms with Gasteiger partial charge in [0.25, 0.3) is 5.91 Å². The van der Waals surface area contributed by atoms with Crippen LogP contribution >= 0.6 is 0 Å². The number of benzene rings is 2. The minimum Gasteiger partial charge on any atom is -0.493 e. The van der Waals surface area contributed by atoms with Gasteiger partial charge < -0.3 is 10.1 Å². The lowest BCUT2D eigenvalue weighted by atomic mass is 9.87. The number of hydrogen-bond acceptors (Lipinski definition) is 2. The molecule has 0 spiro atoms. The molecule has 3 nitrogen and oxygen atoms in total. The molecular formula is C21H27NO2. The number of rotatable bonds is 5. The van der Waals surface area contributed by atoms with Gasteiger partial charge in [0.15, 0.2) is 0 Å². The number of nitrogens with one attached hydrogen (secondary N) is 1. The van der Waals surface area contributed by atoms with Gasteiger partial charge in [0.05, 0.1) is 6.61 Å². The third kappa shape index (κ3) is 5.12. The van der Waals surface area contributed by atoms with Crippen LogP contribution in [0, 0.1) is 5.92 Å². The quantitative estimate of drug-likeness (QED) is 0.813. The van der Waals surface area contributed by atoms with E-state index in [0.29, 0.717) is 18.1 Å².